The molecule has 0 saturated heterocycles. The zero-order valence-corrected chi connectivity index (χ0v) is 21.0. The van der Waals surface area contributed by atoms with Crippen molar-refractivity contribution in [2.24, 2.45) is 0 Å². The summed E-state index contributed by atoms with van der Waals surface area (Å²) in [6.07, 6.45) is 0. The van der Waals surface area contributed by atoms with Gasteiger partial charge < -0.3 is 0 Å². The van der Waals surface area contributed by atoms with Gasteiger partial charge in [-0.25, -0.2) is 0 Å². The molecule has 0 aromatic carbocycles. The quantitative estimate of drug-likeness (QED) is 0.526. The summed E-state index contributed by atoms with van der Waals surface area (Å²) in [6, 6.07) is 0.733. The minimum absolute atomic E-state index is 0.247. The molecule has 0 spiro atoms. The van der Waals surface area contributed by atoms with Gasteiger partial charge in [0.1, 0.15) is 0 Å². The summed E-state index contributed by atoms with van der Waals surface area (Å²) in [7, 11) is 0. The third kappa shape index (κ3) is 5.33. The zero-order valence-electron chi connectivity index (χ0n) is 18.9. The van der Waals surface area contributed by atoms with Gasteiger partial charge in [0.2, 0.25) is 0 Å². The maximum atomic E-state index is 6.76. The molecule has 0 amide bonds. The van der Waals surface area contributed by atoms with Crippen LogP contribution < -0.4 is 9.22 Å². The van der Waals surface area contributed by atoms with Crippen LogP contribution in [0.2, 0.25) is 5.76 Å². The predicted molar refractivity (Wildman–Crippen MR) is 108 cm³/mol. The van der Waals surface area contributed by atoms with Crippen LogP contribution in [0.25, 0.3) is 0 Å². The van der Waals surface area contributed by atoms with Gasteiger partial charge in [0.05, 0.1) is 0 Å². The van der Waals surface area contributed by atoms with Gasteiger partial charge >= 0.3 is 159 Å². The van der Waals surface area contributed by atoms with E-state index in [9.17, 15) is 0 Å². The summed E-state index contributed by atoms with van der Waals surface area (Å²) in [5.41, 5.74) is 2.13. The monoisotopic (exact) mass is 415 g/mol. The van der Waals surface area contributed by atoms with Gasteiger partial charge in [0, 0.05) is 0 Å². The summed E-state index contributed by atoms with van der Waals surface area (Å²) in [4.78, 5) is 0. The van der Waals surface area contributed by atoms with E-state index < -0.39 is 13.9 Å². The fourth-order valence-electron chi connectivity index (χ4n) is 3.76. The third-order valence-electron chi connectivity index (χ3n) is 4.14. The summed E-state index contributed by atoms with van der Waals surface area (Å²) in [5, 5.41) is 0. The Morgan fingerprint density at radius 1 is 0.880 bits per heavy atom. The van der Waals surface area contributed by atoms with Gasteiger partial charge in [-0.15, -0.1) is 0 Å². The van der Waals surface area contributed by atoms with Crippen molar-refractivity contribution in [3.63, 3.8) is 0 Å². The van der Waals surface area contributed by atoms with Crippen molar-refractivity contribution in [3.05, 3.63) is 11.4 Å². The van der Waals surface area contributed by atoms with Crippen LogP contribution >= 0.6 is 0 Å². The molecule has 25 heavy (non-hydrogen) atoms. The molecule has 1 aromatic heterocycles. The van der Waals surface area contributed by atoms with Crippen molar-refractivity contribution in [3.8, 4) is 0 Å². The van der Waals surface area contributed by atoms with E-state index in [0.717, 1.165) is 0 Å². The van der Waals surface area contributed by atoms with Crippen LogP contribution in [0.15, 0.2) is 0 Å². The van der Waals surface area contributed by atoms with Crippen molar-refractivity contribution >= 4 is 18.6 Å². The predicted octanol–water partition coefficient (Wildman–Crippen LogP) is 4.46. The molecule has 1 heterocycles. The molecular formula is C20H41GeN2O2+. The standard InChI is InChI=1S/C20H41GeN2O2/c1-14(2)22-16(5)17(6)23(15(3)4)18(22)21(13,24-19(7,8)9)25-20(10,11)12/h14-15H,1-13H3/q+1. The van der Waals surface area contributed by atoms with Gasteiger partial charge in [-0.3, -0.25) is 0 Å². The van der Waals surface area contributed by atoms with Crippen molar-refractivity contribution in [2.75, 3.05) is 0 Å². The van der Waals surface area contributed by atoms with E-state index >= 15 is 0 Å². The summed E-state index contributed by atoms with van der Waals surface area (Å²) < 4.78 is 19.7. The summed E-state index contributed by atoms with van der Waals surface area (Å²) in [5.74, 6) is 2.25. The van der Waals surface area contributed by atoms with Crippen molar-refractivity contribution < 1.29 is 12.1 Å². The molecule has 1 aromatic rings. The molecule has 0 saturated carbocycles. The molecule has 5 heteroatoms. The first-order valence-electron chi connectivity index (χ1n) is 9.54. The van der Waals surface area contributed by atoms with Crippen LogP contribution in [0.4, 0.5) is 0 Å². The first kappa shape index (κ1) is 22.7. The van der Waals surface area contributed by atoms with E-state index in [0.29, 0.717) is 12.1 Å². The molecule has 0 atom stereocenters. The second-order valence-corrected chi connectivity index (χ2v) is 15.6. The minimum atomic E-state index is -3.34. The van der Waals surface area contributed by atoms with Crippen LogP contribution in [0.1, 0.15) is 92.7 Å². The molecule has 146 valence electrons. The van der Waals surface area contributed by atoms with Gasteiger partial charge in [-0.1, -0.05) is 0 Å². The number of rotatable bonds is 5. The molecule has 0 unspecified atom stereocenters. The van der Waals surface area contributed by atoms with Crippen LogP contribution in [-0.4, -0.2) is 29.7 Å². The zero-order chi connectivity index (χ0) is 20.0. The average molecular weight is 414 g/mol. The Hall–Kier alpha value is -0.327. The first-order valence-corrected chi connectivity index (χ1v) is 14.4. The van der Waals surface area contributed by atoms with E-state index in [1.807, 2.05) is 0 Å². The van der Waals surface area contributed by atoms with Crippen molar-refractivity contribution in [2.45, 2.75) is 112 Å². The Labute approximate surface area is 159 Å². The molecule has 0 aliphatic heterocycles. The Morgan fingerprint density at radius 2 is 1.28 bits per heavy atom. The number of nitrogens with zero attached hydrogens (tertiary/aromatic N) is 2. The van der Waals surface area contributed by atoms with Crippen LogP contribution in [0, 0.1) is 13.8 Å². The SMILES string of the molecule is Cc1c(C)[n+](C(C)C)[c]([Ge]([CH3])([O]C(C)(C)C)[O]C(C)(C)C)n1C(C)C. The van der Waals surface area contributed by atoms with Crippen molar-refractivity contribution in [1.29, 1.82) is 0 Å². The fraction of sp³-hybridized carbons (Fsp3) is 0.850. The molecular weight excluding hydrogens is 373 g/mol. The third-order valence-corrected chi connectivity index (χ3v) is 11.1. The Kier molecular flexibility index (Phi) is 6.68. The second-order valence-electron chi connectivity index (χ2n) is 9.80. The van der Waals surface area contributed by atoms with E-state index in [2.05, 4.69) is 98.0 Å². The fourth-order valence-corrected chi connectivity index (χ4v) is 12.8. The Morgan fingerprint density at radius 3 is 1.56 bits per heavy atom. The Bertz CT molecular complexity index is 557. The molecule has 0 aliphatic rings. The Balaban J connectivity index is 3.82. The van der Waals surface area contributed by atoms with Gasteiger partial charge in [0.15, 0.2) is 0 Å². The number of imidazole rings is 1. The molecule has 0 fully saturated rings. The summed E-state index contributed by atoms with van der Waals surface area (Å²) in [6.45, 7) is 26.2. The van der Waals surface area contributed by atoms with Crippen LogP contribution in [0.3, 0.4) is 0 Å². The van der Waals surface area contributed by atoms with Gasteiger partial charge in [-0.2, -0.15) is 0 Å². The average Bonchev–Trinajstić information content (AvgIpc) is 2.58. The van der Waals surface area contributed by atoms with E-state index in [1.54, 1.807) is 0 Å². The second kappa shape index (κ2) is 7.36. The molecule has 0 aliphatic carbocycles. The maximum absolute atomic E-state index is 6.76. The molecule has 0 bridgehead atoms. The number of hydrogen-bond acceptors (Lipinski definition) is 2. The molecule has 1 rings (SSSR count). The topological polar surface area (TPSA) is 27.3 Å². The number of hydrogen-bond donors (Lipinski definition) is 0. The van der Waals surface area contributed by atoms with Crippen molar-refractivity contribution in [1.82, 2.24) is 4.57 Å². The van der Waals surface area contributed by atoms with Gasteiger partial charge in [0.25, 0.3) is 0 Å². The molecule has 0 radical (unpaired) electrons. The van der Waals surface area contributed by atoms with Crippen LogP contribution in [0.5, 0.6) is 0 Å². The van der Waals surface area contributed by atoms with Gasteiger partial charge in [-0.05, 0) is 0 Å². The first-order chi connectivity index (χ1) is 11.0. The normalized spacial score (nSPS) is 14.0. The van der Waals surface area contributed by atoms with E-state index in [4.69, 9.17) is 7.53 Å². The van der Waals surface area contributed by atoms with E-state index in [1.165, 1.54) is 16.0 Å². The summed E-state index contributed by atoms with van der Waals surface area (Å²) >= 11 is -3.34. The van der Waals surface area contributed by atoms with E-state index in [-0.39, 0.29) is 11.2 Å². The van der Waals surface area contributed by atoms with Crippen LogP contribution in [-0.2, 0) is 7.53 Å². The number of aromatic nitrogens is 2. The molecule has 0 N–H and O–H groups in total. The molecule has 4 nitrogen and oxygen atoms in total.